The molecule has 0 aliphatic carbocycles. The van der Waals surface area contributed by atoms with Gasteiger partial charge >= 0.3 is 0 Å². The average Bonchev–Trinajstić information content (AvgIpc) is 1.30. The molecule has 0 unspecified atom stereocenters. The van der Waals surface area contributed by atoms with E-state index in [9.17, 15) is 0 Å². The maximum atomic E-state index is 5.28. The summed E-state index contributed by atoms with van der Waals surface area (Å²) in [7, 11) is 0. The molecule has 0 atom stereocenters. The third-order valence-electron chi connectivity index (χ3n) is 0.516. The Labute approximate surface area is 49.7 Å². The molecule has 44 valence electrons. The number of hydrogen-bond donors (Lipinski definition) is 1. The summed E-state index contributed by atoms with van der Waals surface area (Å²) in [6, 6.07) is 0. The van der Waals surface area contributed by atoms with Crippen LogP contribution in [0.1, 0.15) is 20.8 Å². The number of thioether (sulfide) groups is 1. The molecule has 0 rings (SSSR count). The minimum Gasteiger partial charge on any atom is -0.322 e. The highest BCUT2D eigenvalue weighted by Gasteiger charge is 2.06. The van der Waals surface area contributed by atoms with Gasteiger partial charge in [0, 0.05) is 10.6 Å². The Morgan fingerprint density at radius 1 is 1.43 bits per heavy atom. The molecule has 7 heavy (non-hydrogen) atoms. The van der Waals surface area contributed by atoms with Crippen LogP contribution in [-0.4, -0.2) is 10.6 Å². The highest BCUT2D eigenvalue weighted by Crippen LogP contribution is 2.20. The number of nitrogens with two attached hydrogens (primary N) is 1. The molecule has 0 aliphatic rings. The quantitative estimate of drug-likeness (QED) is 0.528. The van der Waals surface area contributed by atoms with E-state index in [4.69, 9.17) is 5.73 Å². The van der Waals surface area contributed by atoms with Crippen molar-refractivity contribution in [3.05, 3.63) is 0 Å². The van der Waals surface area contributed by atoms with Gasteiger partial charge in [-0.25, -0.2) is 0 Å². The Morgan fingerprint density at radius 2 is 1.86 bits per heavy atom. The van der Waals surface area contributed by atoms with Crippen molar-refractivity contribution in [3.8, 4) is 0 Å². The third-order valence-corrected chi connectivity index (χ3v) is 1.55. The fourth-order valence-electron chi connectivity index (χ4n) is 0.250. The van der Waals surface area contributed by atoms with Crippen LogP contribution in [0.15, 0.2) is 0 Å². The van der Waals surface area contributed by atoms with Crippen molar-refractivity contribution in [3.63, 3.8) is 0 Å². The van der Waals surface area contributed by atoms with Crippen LogP contribution in [-0.2, 0) is 0 Å². The second-order valence-corrected chi connectivity index (χ2v) is 4.27. The topological polar surface area (TPSA) is 26.0 Å². The zero-order valence-electron chi connectivity index (χ0n) is 5.19. The van der Waals surface area contributed by atoms with E-state index >= 15 is 0 Å². The summed E-state index contributed by atoms with van der Waals surface area (Å²) in [6.07, 6.45) is 0. The zero-order chi connectivity index (χ0) is 5.91. The number of rotatable bonds is 1. The van der Waals surface area contributed by atoms with Crippen molar-refractivity contribution in [2.24, 2.45) is 5.73 Å². The standard InChI is InChI=1S/C5H13NS/c1-5(2,3)7-4-6/h4,6H2,1-3H3. The smallest absolute Gasteiger partial charge is 0.0398 e. The zero-order valence-corrected chi connectivity index (χ0v) is 6.01. The van der Waals surface area contributed by atoms with Crippen molar-refractivity contribution in [2.75, 3.05) is 5.88 Å². The molecule has 0 spiro atoms. The van der Waals surface area contributed by atoms with Gasteiger partial charge in [0.25, 0.3) is 0 Å². The van der Waals surface area contributed by atoms with Crippen LogP contribution < -0.4 is 5.73 Å². The van der Waals surface area contributed by atoms with Gasteiger partial charge in [0.2, 0.25) is 0 Å². The largest absolute Gasteiger partial charge is 0.322 e. The predicted octanol–water partition coefficient (Wildman–Crippen LogP) is 1.43. The summed E-state index contributed by atoms with van der Waals surface area (Å²) in [4.78, 5) is 0. The van der Waals surface area contributed by atoms with E-state index in [1.54, 1.807) is 11.8 Å². The van der Waals surface area contributed by atoms with Crippen molar-refractivity contribution >= 4 is 11.8 Å². The normalized spacial score (nSPS) is 12.0. The van der Waals surface area contributed by atoms with E-state index in [2.05, 4.69) is 20.8 Å². The van der Waals surface area contributed by atoms with Crippen LogP contribution in [0.25, 0.3) is 0 Å². The Hall–Kier alpha value is 0.310. The van der Waals surface area contributed by atoms with Gasteiger partial charge in [-0.3, -0.25) is 0 Å². The van der Waals surface area contributed by atoms with Gasteiger partial charge in [-0.1, -0.05) is 20.8 Å². The van der Waals surface area contributed by atoms with Crippen molar-refractivity contribution in [1.29, 1.82) is 0 Å². The highest BCUT2D eigenvalue weighted by molar-refractivity contribution is 8.00. The first kappa shape index (κ1) is 7.31. The molecule has 1 nitrogen and oxygen atoms in total. The molecule has 2 heteroatoms. The fraction of sp³-hybridized carbons (Fsp3) is 1.00. The lowest BCUT2D eigenvalue weighted by molar-refractivity contribution is 0.803. The van der Waals surface area contributed by atoms with E-state index in [1.165, 1.54) is 0 Å². The van der Waals surface area contributed by atoms with Crippen LogP contribution in [0.4, 0.5) is 0 Å². The van der Waals surface area contributed by atoms with E-state index in [0.29, 0.717) is 4.75 Å². The predicted molar refractivity (Wildman–Crippen MR) is 36.4 cm³/mol. The molecular formula is C5H13NS. The third kappa shape index (κ3) is 6.31. The van der Waals surface area contributed by atoms with Gasteiger partial charge < -0.3 is 5.73 Å². The first-order chi connectivity index (χ1) is 3.06. The van der Waals surface area contributed by atoms with E-state index in [-0.39, 0.29) is 0 Å². The Kier molecular flexibility index (Phi) is 2.69. The highest BCUT2D eigenvalue weighted by atomic mass is 32.2. The molecule has 0 heterocycles. The van der Waals surface area contributed by atoms with Gasteiger partial charge in [-0.15, -0.1) is 11.8 Å². The van der Waals surface area contributed by atoms with Gasteiger partial charge in [0.1, 0.15) is 0 Å². The summed E-state index contributed by atoms with van der Waals surface area (Å²) in [6.45, 7) is 6.47. The van der Waals surface area contributed by atoms with E-state index in [1.807, 2.05) is 0 Å². The Balaban J connectivity index is 3.15. The van der Waals surface area contributed by atoms with E-state index in [0.717, 1.165) is 5.88 Å². The number of hydrogen-bond acceptors (Lipinski definition) is 2. The summed E-state index contributed by atoms with van der Waals surface area (Å²) in [5.41, 5.74) is 5.28. The second-order valence-electron chi connectivity index (χ2n) is 2.42. The summed E-state index contributed by atoms with van der Waals surface area (Å²) >= 11 is 1.77. The van der Waals surface area contributed by atoms with Crippen LogP contribution >= 0.6 is 11.8 Å². The van der Waals surface area contributed by atoms with Crippen molar-refractivity contribution in [2.45, 2.75) is 25.5 Å². The molecule has 0 aliphatic heterocycles. The first-order valence-electron chi connectivity index (χ1n) is 2.40. The van der Waals surface area contributed by atoms with Gasteiger partial charge in [0.15, 0.2) is 0 Å². The molecule has 0 aromatic rings. The van der Waals surface area contributed by atoms with Gasteiger partial charge in [0.05, 0.1) is 0 Å². The maximum absolute atomic E-state index is 5.28. The first-order valence-corrected chi connectivity index (χ1v) is 3.39. The second kappa shape index (κ2) is 2.58. The van der Waals surface area contributed by atoms with Crippen LogP contribution in [0.5, 0.6) is 0 Å². The molecule has 0 aromatic carbocycles. The molecule has 0 saturated heterocycles. The molecule has 0 fully saturated rings. The average molecular weight is 119 g/mol. The van der Waals surface area contributed by atoms with E-state index < -0.39 is 0 Å². The lowest BCUT2D eigenvalue weighted by Gasteiger charge is -2.14. The van der Waals surface area contributed by atoms with Gasteiger partial charge in [-0.05, 0) is 0 Å². The van der Waals surface area contributed by atoms with Crippen LogP contribution in [0.2, 0.25) is 0 Å². The Bertz CT molecular complexity index is 46.5. The fourth-order valence-corrected chi connectivity index (χ4v) is 0.750. The maximum Gasteiger partial charge on any atom is 0.0398 e. The molecular weight excluding hydrogens is 106 g/mol. The van der Waals surface area contributed by atoms with Crippen LogP contribution in [0, 0.1) is 0 Å². The minimum atomic E-state index is 0.342. The Morgan fingerprint density at radius 3 is 1.86 bits per heavy atom. The summed E-state index contributed by atoms with van der Waals surface area (Å²) in [5.74, 6) is 0.726. The molecule has 0 amide bonds. The lowest BCUT2D eigenvalue weighted by Crippen LogP contribution is -2.11. The molecule has 2 N–H and O–H groups in total. The van der Waals surface area contributed by atoms with Crippen molar-refractivity contribution < 1.29 is 0 Å². The molecule has 0 bridgehead atoms. The van der Waals surface area contributed by atoms with Crippen LogP contribution in [0.3, 0.4) is 0 Å². The monoisotopic (exact) mass is 119 g/mol. The minimum absolute atomic E-state index is 0.342. The molecule has 0 aromatic heterocycles. The molecule has 0 radical (unpaired) electrons. The lowest BCUT2D eigenvalue weighted by atomic mass is 10.3. The SMILES string of the molecule is CC(C)(C)SCN. The molecule has 0 saturated carbocycles. The summed E-state index contributed by atoms with van der Waals surface area (Å²) in [5, 5.41) is 0. The van der Waals surface area contributed by atoms with Crippen molar-refractivity contribution in [1.82, 2.24) is 0 Å². The van der Waals surface area contributed by atoms with Gasteiger partial charge in [-0.2, -0.15) is 0 Å². The summed E-state index contributed by atoms with van der Waals surface area (Å²) < 4.78 is 0.342.